The van der Waals surface area contributed by atoms with E-state index in [2.05, 4.69) is 21.5 Å². The van der Waals surface area contributed by atoms with Crippen LogP contribution in [0.4, 0.5) is 5.69 Å². The van der Waals surface area contributed by atoms with Gasteiger partial charge < -0.3 is 30.1 Å². The van der Waals surface area contributed by atoms with Crippen molar-refractivity contribution in [2.24, 2.45) is 0 Å². The summed E-state index contributed by atoms with van der Waals surface area (Å²) < 4.78 is 11.4. The van der Waals surface area contributed by atoms with Gasteiger partial charge in [0, 0.05) is 31.6 Å². The Morgan fingerprint density at radius 3 is 2.82 bits per heavy atom. The number of nitrogens with one attached hydrogen (secondary N) is 2. The number of carbonyl (C=O) groups is 1. The molecular weight excluding hydrogens is 358 g/mol. The Morgan fingerprint density at radius 1 is 1.25 bits per heavy atom. The molecule has 7 nitrogen and oxygen atoms in total. The number of anilines is 1. The first-order valence-corrected chi connectivity index (χ1v) is 9.93. The monoisotopic (exact) mass is 387 g/mol. The van der Waals surface area contributed by atoms with E-state index in [1.54, 1.807) is 12.1 Å². The molecule has 0 radical (unpaired) electrons. The minimum absolute atomic E-state index is 0.0579. The third-order valence-electron chi connectivity index (χ3n) is 5.02. The predicted molar refractivity (Wildman–Crippen MR) is 108 cm³/mol. The van der Waals surface area contributed by atoms with Gasteiger partial charge in [-0.3, -0.25) is 4.79 Å². The van der Waals surface area contributed by atoms with Gasteiger partial charge in [-0.1, -0.05) is 5.92 Å². The zero-order valence-corrected chi connectivity index (χ0v) is 16.2. The first-order chi connectivity index (χ1) is 13.7. The van der Waals surface area contributed by atoms with Gasteiger partial charge in [0.15, 0.2) is 0 Å². The molecule has 28 heavy (non-hydrogen) atoms. The van der Waals surface area contributed by atoms with Crippen molar-refractivity contribution in [1.82, 2.24) is 10.2 Å². The maximum Gasteiger partial charge on any atom is 0.224 e. The molecule has 152 valence electrons. The van der Waals surface area contributed by atoms with E-state index in [4.69, 9.17) is 15.9 Å². The molecule has 7 heteroatoms. The summed E-state index contributed by atoms with van der Waals surface area (Å²) in [6.07, 6.45) is 8.17. The van der Waals surface area contributed by atoms with Crippen LogP contribution < -0.4 is 20.1 Å². The lowest BCUT2D eigenvalue weighted by atomic mass is 10.0. The van der Waals surface area contributed by atoms with Crippen LogP contribution in [0.1, 0.15) is 24.8 Å². The number of hydrogen-bond donors (Lipinski definition) is 3. The fourth-order valence-electron chi connectivity index (χ4n) is 3.56. The molecule has 3 N–H and O–H groups in total. The normalized spacial score (nSPS) is 17.5. The third-order valence-corrected chi connectivity index (χ3v) is 5.02. The Hall–Kier alpha value is -2.27. The molecule has 1 atom stereocenters. The maximum atomic E-state index is 11.8. The maximum absolute atomic E-state index is 11.8. The van der Waals surface area contributed by atoms with E-state index in [0.717, 1.165) is 18.7 Å². The van der Waals surface area contributed by atoms with Crippen LogP contribution in [0.3, 0.4) is 0 Å². The predicted octanol–water partition coefficient (Wildman–Crippen LogP) is 1.01. The SMILES string of the molecule is C#CCOc1ccc(OCC(O)CNCCN2CCCC2)c2c1NC(=O)CC2. The number of ether oxygens (including phenoxy) is 2. The van der Waals surface area contributed by atoms with E-state index in [9.17, 15) is 9.90 Å². The Morgan fingerprint density at radius 2 is 2.04 bits per heavy atom. The first-order valence-electron chi connectivity index (χ1n) is 9.93. The number of aliphatic hydroxyl groups excluding tert-OH is 1. The Balaban J connectivity index is 1.50. The van der Waals surface area contributed by atoms with Gasteiger partial charge in [0.05, 0.1) is 5.69 Å². The van der Waals surface area contributed by atoms with Crippen LogP contribution in [0.15, 0.2) is 12.1 Å². The molecule has 0 bridgehead atoms. The van der Waals surface area contributed by atoms with Crippen molar-refractivity contribution in [3.63, 3.8) is 0 Å². The van der Waals surface area contributed by atoms with E-state index in [1.807, 2.05) is 0 Å². The molecule has 0 saturated carbocycles. The summed E-state index contributed by atoms with van der Waals surface area (Å²) in [5.41, 5.74) is 1.49. The molecule has 0 aromatic heterocycles. The smallest absolute Gasteiger partial charge is 0.224 e. The molecule has 0 aliphatic carbocycles. The Kier molecular flexibility index (Phi) is 7.54. The van der Waals surface area contributed by atoms with Gasteiger partial charge in [0.2, 0.25) is 5.91 Å². The summed E-state index contributed by atoms with van der Waals surface area (Å²) in [6, 6.07) is 3.54. The van der Waals surface area contributed by atoms with Crippen LogP contribution in [0.25, 0.3) is 0 Å². The lowest BCUT2D eigenvalue weighted by molar-refractivity contribution is -0.116. The fourth-order valence-corrected chi connectivity index (χ4v) is 3.56. The highest BCUT2D eigenvalue weighted by Gasteiger charge is 2.23. The number of terminal acetylenes is 1. The van der Waals surface area contributed by atoms with E-state index in [-0.39, 0.29) is 19.1 Å². The van der Waals surface area contributed by atoms with Crippen LogP contribution in [0, 0.1) is 12.3 Å². The molecule has 1 unspecified atom stereocenters. The molecule has 2 heterocycles. The molecule has 1 aromatic rings. The number of likely N-dealkylation sites (tertiary alicyclic amines) is 1. The summed E-state index contributed by atoms with van der Waals surface area (Å²) >= 11 is 0. The average molecular weight is 387 g/mol. The van der Waals surface area contributed by atoms with E-state index in [1.165, 1.54) is 25.9 Å². The highest BCUT2D eigenvalue weighted by Crippen LogP contribution is 2.38. The molecule has 0 spiro atoms. The van der Waals surface area contributed by atoms with Crippen LogP contribution >= 0.6 is 0 Å². The zero-order chi connectivity index (χ0) is 19.8. The van der Waals surface area contributed by atoms with Crippen molar-refractivity contribution >= 4 is 11.6 Å². The second kappa shape index (κ2) is 10.3. The summed E-state index contributed by atoms with van der Waals surface area (Å²) in [7, 11) is 0. The zero-order valence-electron chi connectivity index (χ0n) is 16.2. The number of hydrogen-bond acceptors (Lipinski definition) is 6. The second-order valence-electron chi connectivity index (χ2n) is 7.17. The summed E-state index contributed by atoms with van der Waals surface area (Å²) in [5.74, 6) is 3.56. The highest BCUT2D eigenvalue weighted by atomic mass is 16.5. The molecule has 1 aromatic carbocycles. The van der Waals surface area contributed by atoms with E-state index in [0.29, 0.717) is 36.6 Å². The topological polar surface area (TPSA) is 83.1 Å². The summed E-state index contributed by atoms with van der Waals surface area (Å²) in [5, 5.41) is 16.3. The lowest BCUT2D eigenvalue weighted by Crippen LogP contribution is -2.36. The fraction of sp³-hybridized carbons (Fsp3) is 0.571. The van der Waals surface area contributed by atoms with Crippen molar-refractivity contribution in [2.45, 2.75) is 31.8 Å². The van der Waals surface area contributed by atoms with Gasteiger partial charge in [-0.15, -0.1) is 6.42 Å². The van der Waals surface area contributed by atoms with Crippen LogP contribution in [-0.2, 0) is 11.2 Å². The molecule has 2 aliphatic rings. The van der Waals surface area contributed by atoms with E-state index < -0.39 is 6.10 Å². The first kappa shape index (κ1) is 20.5. The van der Waals surface area contributed by atoms with Gasteiger partial charge in [0.25, 0.3) is 0 Å². The number of benzene rings is 1. The molecule has 1 amide bonds. The van der Waals surface area contributed by atoms with Gasteiger partial charge >= 0.3 is 0 Å². The largest absolute Gasteiger partial charge is 0.490 e. The molecular formula is C21H29N3O4. The van der Waals surface area contributed by atoms with E-state index >= 15 is 0 Å². The Labute approximate surface area is 166 Å². The number of nitrogens with zero attached hydrogens (tertiary/aromatic N) is 1. The van der Waals surface area contributed by atoms with Crippen molar-refractivity contribution in [2.75, 3.05) is 51.3 Å². The molecule has 2 aliphatic heterocycles. The van der Waals surface area contributed by atoms with Crippen LogP contribution in [0.5, 0.6) is 11.5 Å². The summed E-state index contributed by atoms with van der Waals surface area (Å²) in [6.45, 7) is 5.02. The second-order valence-corrected chi connectivity index (χ2v) is 7.17. The molecule has 3 rings (SSSR count). The third kappa shape index (κ3) is 5.61. The summed E-state index contributed by atoms with van der Waals surface area (Å²) in [4.78, 5) is 14.2. The average Bonchev–Trinajstić information content (AvgIpc) is 3.21. The number of aliphatic hydroxyl groups is 1. The van der Waals surface area contributed by atoms with Crippen LogP contribution in [0.2, 0.25) is 0 Å². The van der Waals surface area contributed by atoms with Crippen molar-refractivity contribution in [1.29, 1.82) is 0 Å². The van der Waals surface area contributed by atoms with Gasteiger partial charge in [0.1, 0.15) is 30.8 Å². The van der Waals surface area contributed by atoms with Crippen molar-refractivity contribution in [3.05, 3.63) is 17.7 Å². The molecule has 1 saturated heterocycles. The quantitative estimate of drug-likeness (QED) is 0.411. The standard InChI is InChI=1S/C21H29N3O4/c1-2-13-27-19-7-6-18(17-5-8-20(26)23-21(17)19)28-15-16(25)14-22-9-12-24-10-3-4-11-24/h1,6-7,16,22,25H,3-5,8-15H2,(H,23,26). The van der Waals surface area contributed by atoms with Crippen molar-refractivity contribution < 1.29 is 19.4 Å². The Bertz CT molecular complexity index is 710. The molecule has 1 fully saturated rings. The minimum Gasteiger partial charge on any atom is -0.490 e. The van der Waals surface area contributed by atoms with Gasteiger partial charge in [-0.05, 0) is 44.5 Å². The minimum atomic E-state index is -0.607. The van der Waals surface area contributed by atoms with Crippen LogP contribution in [-0.4, -0.2) is 68.0 Å². The van der Waals surface area contributed by atoms with Gasteiger partial charge in [-0.25, -0.2) is 0 Å². The van der Waals surface area contributed by atoms with Crippen molar-refractivity contribution in [3.8, 4) is 23.8 Å². The van der Waals surface area contributed by atoms with Gasteiger partial charge in [-0.2, -0.15) is 0 Å². The number of fused-ring (bicyclic) bond motifs is 1. The number of carbonyl (C=O) groups excluding carboxylic acids is 1. The number of rotatable bonds is 10. The lowest BCUT2D eigenvalue weighted by Gasteiger charge is -2.23. The highest BCUT2D eigenvalue weighted by molar-refractivity contribution is 5.96. The number of amides is 1.